The lowest BCUT2D eigenvalue weighted by molar-refractivity contribution is -0.119. The molecule has 0 spiro atoms. The van der Waals surface area contributed by atoms with Gasteiger partial charge in [-0.1, -0.05) is 0 Å². The van der Waals surface area contributed by atoms with Crippen molar-refractivity contribution in [1.82, 2.24) is 14.5 Å². The smallest absolute Gasteiger partial charge is 0.246 e. The van der Waals surface area contributed by atoms with Gasteiger partial charge in [0.25, 0.3) is 0 Å². The third kappa shape index (κ3) is 3.44. The number of hydrogen-bond donors (Lipinski definition) is 3. The second-order valence-corrected chi connectivity index (χ2v) is 6.68. The van der Waals surface area contributed by atoms with E-state index in [1.54, 1.807) is 27.8 Å². The van der Waals surface area contributed by atoms with Crippen LogP contribution in [0.15, 0.2) is 4.90 Å². The molecule has 19 heavy (non-hydrogen) atoms. The van der Waals surface area contributed by atoms with Crippen LogP contribution in [0.1, 0.15) is 26.0 Å². The highest BCUT2D eigenvalue weighted by Crippen LogP contribution is 2.23. The number of aromatic nitrogens is 2. The zero-order chi connectivity index (χ0) is 15.0. The largest absolute Gasteiger partial charge is 0.381 e. The first-order valence-electron chi connectivity index (χ1n) is 5.57. The Bertz CT molecular complexity index is 603. The van der Waals surface area contributed by atoms with Gasteiger partial charge in [-0.05, 0) is 20.8 Å². The average molecular weight is 289 g/mol. The van der Waals surface area contributed by atoms with Gasteiger partial charge in [-0.25, -0.2) is 13.1 Å². The second kappa shape index (κ2) is 4.82. The number of amides is 1. The van der Waals surface area contributed by atoms with E-state index in [9.17, 15) is 13.2 Å². The number of anilines is 1. The normalized spacial score (nSPS) is 12.6. The minimum atomic E-state index is -3.87. The molecule has 5 N–H and O–H groups in total. The van der Waals surface area contributed by atoms with Crippen molar-refractivity contribution in [1.29, 1.82) is 0 Å². The van der Waals surface area contributed by atoms with Crippen LogP contribution in [-0.4, -0.2) is 29.6 Å². The Morgan fingerprint density at radius 1 is 1.47 bits per heavy atom. The summed E-state index contributed by atoms with van der Waals surface area (Å²) in [6, 6.07) is 0. The third-order valence-corrected chi connectivity index (χ3v) is 4.46. The van der Waals surface area contributed by atoms with Crippen LogP contribution in [0.25, 0.3) is 0 Å². The van der Waals surface area contributed by atoms with Gasteiger partial charge in [-0.3, -0.25) is 9.48 Å². The van der Waals surface area contributed by atoms with Gasteiger partial charge in [0.05, 0.1) is 5.69 Å². The summed E-state index contributed by atoms with van der Waals surface area (Å²) in [5.74, 6) is -0.675. The Balaban J connectivity index is 3.15. The van der Waals surface area contributed by atoms with Crippen LogP contribution < -0.4 is 16.2 Å². The zero-order valence-electron chi connectivity index (χ0n) is 11.4. The number of carbonyl (C=O) groups is 1. The summed E-state index contributed by atoms with van der Waals surface area (Å²) in [4.78, 5) is 10.8. The molecular formula is C10H19N5O3S. The number of nitrogens with zero attached hydrogens (tertiary/aromatic N) is 2. The average Bonchev–Trinajstić information content (AvgIpc) is 2.35. The van der Waals surface area contributed by atoms with Crippen molar-refractivity contribution in [3.8, 4) is 0 Å². The van der Waals surface area contributed by atoms with Gasteiger partial charge < -0.3 is 11.5 Å². The molecule has 0 radical (unpaired) electrons. The highest BCUT2D eigenvalue weighted by molar-refractivity contribution is 7.89. The number of nitrogen functional groups attached to an aromatic ring is 1. The van der Waals surface area contributed by atoms with Crippen LogP contribution in [0.2, 0.25) is 0 Å². The van der Waals surface area contributed by atoms with E-state index < -0.39 is 21.5 Å². The van der Waals surface area contributed by atoms with Crippen LogP contribution in [0.4, 0.5) is 5.82 Å². The first kappa shape index (κ1) is 15.4. The molecule has 0 fully saturated rings. The molecular weight excluding hydrogens is 270 g/mol. The predicted octanol–water partition coefficient (Wildman–Crippen LogP) is -0.757. The van der Waals surface area contributed by atoms with Gasteiger partial charge in [0.1, 0.15) is 4.90 Å². The van der Waals surface area contributed by atoms with E-state index in [2.05, 4.69) is 9.82 Å². The molecule has 1 amide bonds. The summed E-state index contributed by atoms with van der Waals surface area (Å²) in [7, 11) is -2.27. The Labute approximate surface area is 112 Å². The Morgan fingerprint density at radius 3 is 2.37 bits per heavy atom. The number of hydrogen-bond acceptors (Lipinski definition) is 5. The molecule has 108 valence electrons. The number of nitrogens with one attached hydrogen (secondary N) is 1. The van der Waals surface area contributed by atoms with E-state index in [1.165, 1.54) is 4.68 Å². The monoisotopic (exact) mass is 289 g/mol. The molecule has 0 aliphatic carbocycles. The van der Waals surface area contributed by atoms with Gasteiger partial charge >= 0.3 is 0 Å². The van der Waals surface area contributed by atoms with Gasteiger partial charge in [0.2, 0.25) is 15.9 Å². The summed E-state index contributed by atoms with van der Waals surface area (Å²) in [5, 5.41) is 3.85. The summed E-state index contributed by atoms with van der Waals surface area (Å²) in [5.41, 5.74) is 10.1. The molecule has 1 aromatic rings. The van der Waals surface area contributed by atoms with Gasteiger partial charge in [-0.2, -0.15) is 5.10 Å². The fourth-order valence-electron chi connectivity index (χ4n) is 1.83. The topological polar surface area (TPSA) is 133 Å². The summed E-state index contributed by atoms with van der Waals surface area (Å²) >= 11 is 0. The van der Waals surface area contributed by atoms with E-state index in [-0.39, 0.29) is 17.1 Å². The van der Waals surface area contributed by atoms with Crippen molar-refractivity contribution >= 4 is 21.7 Å². The Morgan fingerprint density at radius 2 is 2.00 bits per heavy atom. The molecule has 1 aromatic heterocycles. The number of primary amides is 1. The molecule has 0 saturated carbocycles. The fourth-order valence-corrected chi connectivity index (χ4v) is 3.57. The number of aryl methyl sites for hydroxylation is 1. The van der Waals surface area contributed by atoms with Crippen molar-refractivity contribution in [2.45, 2.75) is 37.6 Å². The summed E-state index contributed by atoms with van der Waals surface area (Å²) in [6.45, 7) is 4.73. The van der Waals surface area contributed by atoms with Crippen molar-refractivity contribution in [2.75, 3.05) is 5.73 Å². The second-order valence-electron chi connectivity index (χ2n) is 5.06. The molecule has 0 atom stereocenters. The molecule has 1 rings (SSSR count). The van der Waals surface area contributed by atoms with Crippen molar-refractivity contribution in [3.63, 3.8) is 0 Å². The lowest BCUT2D eigenvalue weighted by Gasteiger charge is -2.24. The van der Waals surface area contributed by atoms with E-state index in [4.69, 9.17) is 11.5 Å². The molecule has 0 aliphatic heterocycles. The number of rotatable bonds is 5. The van der Waals surface area contributed by atoms with Gasteiger partial charge in [0, 0.05) is 19.0 Å². The molecule has 8 nitrogen and oxygen atoms in total. The first-order valence-corrected chi connectivity index (χ1v) is 7.06. The van der Waals surface area contributed by atoms with Crippen LogP contribution in [0.5, 0.6) is 0 Å². The summed E-state index contributed by atoms with van der Waals surface area (Å²) in [6.07, 6.45) is -0.120. The minimum absolute atomic E-state index is 0.0763. The van der Waals surface area contributed by atoms with Gasteiger partial charge in [0.15, 0.2) is 5.82 Å². The van der Waals surface area contributed by atoms with Crippen molar-refractivity contribution in [2.24, 2.45) is 12.8 Å². The number of nitrogens with two attached hydrogens (primary N) is 2. The maximum atomic E-state index is 12.3. The van der Waals surface area contributed by atoms with Crippen molar-refractivity contribution < 1.29 is 13.2 Å². The minimum Gasteiger partial charge on any atom is -0.381 e. The lowest BCUT2D eigenvalue weighted by atomic mass is 10.0. The molecule has 9 heteroatoms. The molecule has 0 bridgehead atoms. The first-order chi connectivity index (χ1) is 8.46. The Hall–Kier alpha value is -1.61. The standard InChI is InChI=1S/C10H19N5O3S/c1-6-8(9(12)13-15(6)4)19(17,18)14-10(2,3)5-7(11)16/h14H,5H2,1-4H3,(H2,11,16)(H2,12,13). The van der Waals surface area contributed by atoms with Crippen LogP contribution in [0.3, 0.4) is 0 Å². The maximum Gasteiger partial charge on any atom is 0.246 e. The van der Waals surface area contributed by atoms with E-state index in [0.29, 0.717) is 5.69 Å². The van der Waals surface area contributed by atoms with E-state index in [0.717, 1.165) is 0 Å². The molecule has 0 unspecified atom stereocenters. The lowest BCUT2D eigenvalue weighted by Crippen LogP contribution is -2.46. The van der Waals surface area contributed by atoms with Crippen LogP contribution in [0, 0.1) is 6.92 Å². The SMILES string of the molecule is Cc1c(S(=O)(=O)NC(C)(C)CC(N)=O)c(N)nn1C. The molecule has 0 saturated heterocycles. The quantitative estimate of drug-likeness (QED) is 0.655. The summed E-state index contributed by atoms with van der Waals surface area (Å²) < 4.78 is 28.4. The van der Waals surface area contributed by atoms with Crippen molar-refractivity contribution in [3.05, 3.63) is 5.69 Å². The number of carbonyl (C=O) groups excluding carboxylic acids is 1. The fraction of sp³-hybridized carbons (Fsp3) is 0.600. The van der Waals surface area contributed by atoms with E-state index >= 15 is 0 Å². The van der Waals surface area contributed by atoms with E-state index in [1.807, 2.05) is 0 Å². The van der Waals surface area contributed by atoms with Crippen LogP contribution in [-0.2, 0) is 21.9 Å². The Kier molecular flexibility index (Phi) is 3.92. The van der Waals surface area contributed by atoms with Gasteiger partial charge in [-0.15, -0.1) is 0 Å². The maximum absolute atomic E-state index is 12.3. The van der Waals surface area contributed by atoms with Crippen LogP contribution >= 0.6 is 0 Å². The molecule has 0 aliphatic rings. The third-order valence-electron chi connectivity index (χ3n) is 2.60. The molecule has 1 heterocycles. The highest BCUT2D eigenvalue weighted by Gasteiger charge is 2.32. The molecule has 0 aromatic carbocycles. The predicted molar refractivity (Wildman–Crippen MR) is 70.6 cm³/mol. The zero-order valence-corrected chi connectivity index (χ0v) is 12.2. The number of sulfonamides is 1. The highest BCUT2D eigenvalue weighted by atomic mass is 32.2.